The lowest BCUT2D eigenvalue weighted by Gasteiger charge is -2.40. The van der Waals surface area contributed by atoms with Crippen LogP contribution in [0.1, 0.15) is 17.3 Å². The molecule has 0 N–H and O–H groups in total. The molecule has 5 nitrogen and oxygen atoms in total. The van der Waals surface area contributed by atoms with Gasteiger partial charge < -0.3 is 14.1 Å². The fraction of sp³-hybridized carbons (Fsp3) is 0.375. The van der Waals surface area contributed by atoms with Crippen LogP contribution in [0.25, 0.3) is 11.5 Å². The van der Waals surface area contributed by atoms with Crippen molar-refractivity contribution in [2.75, 3.05) is 13.2 Å². The summed E-state index contributed by atoms with van der Waals surface area (Å²) in [6.07, 6.45) is -2.85. The molecule has 1 aliphatic rings. The zero-order valence-corrected chi connectivity index (χ0v) is 12.8. The molecule has 128 valence electrons. The summed E-state index contributed by atoms with van der Waals surface area (Å²) in [4.78, 5) is 17.5. The molecule has 8 heteroatoms. The molecule has 3 heterocycles. The van der Waals surface area contributed by atoms with Crippen LogP contribution in [0.2, 0.25) is 0 Å². The summed E-state index contributed by atoms with van der Waals surface area (Å²) in [6, 6.07) is 4.16. The van der Waals surface area contributed by atoms with Crippen molar-refractivity contribution in [3.05, 3.63) is 42.3 Å². The van der Waals surface area contributed by atoms with Gasteiger partial charge >= 0.3 is 6.18 Å². The standard InChI is InChI=1S/C16H15F3N2O3/c1-10-14(16(17,18)19)21(6-8-23-10)15(22)11-4-5-20-12(9-11)13-3-2-7-24-13/h2-5,7,9-10,14H,6,8H2,1H3/t10-,14-/m0/s1. The van der Waals surface area contributed by atoms with E-state index in [4.69, 9.17) is 9.15 Å². The molecule has 1 aliphatic heterocycles. The van der Waals surface area contributed by atoms with Gasteiger partial charge in [0.1, 0.15) is 5.69 Å². The fourth-order valence-electron chi connectivity index (χ4n) is 2.78. The zero-order chi connectivity index (χ0) is 17.3. The van der Waals surface area contributed by atoms with Crippen LogP contribution in [-0.4, -0.2) is 47.3 Å². The number of nitrogens with zero attached hydrogens (tertiary/aromatic N) is 2. The van der Waals surface area contributed by atoms with Gasteiger partial charge in [0.15, 0.2) is 11.8 Å². The van der Waals surface area contributed by atoms with Crippen molar-refractivity contribution in [2.45, 2.75) is 25.2 Å². The molecule has 0 aromatic carbocycles. The average molecular weight is 340 g/mol. The fourth-order valence-corrected chi connectivity index (χ4v) is 2.78. The van der Waals surface area contributed by atoms with Gasteiger partial charge in [0, 0.05) is 18.3 Å². The topological polar surface area (TPSA) is 55.6 Å². The number of furan rings is 1. The maximum Gasteiger partial charge on any atom is 0.411 e. The largest absolute Gasteiger partial charge is 0.463 e. The van der Waals surface area contributed by atoms with E-state index in [-0.39, 0.29) is 18.7 Å². The Morgan fingerprint density at radius 1 is 1.38 bits per heavy atom. The van der Waals surface area contributed by atoms with Gasteiger partial charge in [0.05, 0.1) is 19.0 Å². The number of hydrogen-bond acceptors (Lipinski definition) is 4. The highest BCUT2D eigenvalue weighted by atomic mass is 19.4. The van der Waals surface area contributed by atoms with E-state index in [9.17, 15) is 18.0 Å². The first kappa shape index (κ1) is 16.5. The smallest absolute Gasteiger partial charge is 0.411 e. The summed E-state index contributed by atoms with van der Waals surface area (Å²) in [7, 11) is 0. The number of carbonyl (C=O) groups excluding carboxylic acids is 1. The number of ether oxygens (including phenoxy) is 1. The van der Waals surface area contributed by atoms with E-state index in [0.717, 1.165) is 4.90 Å². The molecule has 1 amide bonds. The van der Waals surface area contributed by atoms with Crippen molar-refractivity contribution in [1.82, 2.24) is 9.88 Å². The lowest BCUT2D eigenvalue weighted by Crippen LogP contribution is -2.59. The Hall–Kier alpha value is -2.35. The Labute approximate surface area is 136 Å². The van der Waals surface area contributed by atoms with Crippen molar-refractivity contribution in [3.63, 3.8) is 0 Å². The molecule has 0 bridgehead atoms. The predicted molar refractivity (Wildman–Crippen MR) is 78.2 cm³/mol. The van der Waals surface area contributed by atoms with Gasteiger partial charge in [-0.3, -0.25) is 9.78 Å². The molecule has 2 aromatic rings. The minimum Gasteiger partial charge on any atom is -0.463 e. The highest BCUT2D eigenvalue weighted by Gasteiger charge is 2.50. The summed E-state index contributed by atoms with van der Waals surface area (Å²) in [6.45, 7) is 1.26. The highest BCUT2D eigenvalue weighted by Crippen LogP contribution is 2.32. The van der Waals surface area contributed by atoms with E-state index in [1.807, 2.05) is 0 Å². The van der Waals surface area contributed by atoms with Gasteiger partial charge in [-0.25, -0.2) is 0 Å². The maximum absolute atomic E-state index is 13.3. The molecule has 0 spiro atoms. The number of rotatable bonds is 2. The summed E-state index contributed by atoms with van der Waals surface area (Å²) < 4.78 is 50.2. The van der Waals surface area contributed by atoms with Crippen molar-refractivity contribution < 1.29 is 27.1 Å². The summed E-state index contributed by atoms with van der Waals surface area (Å²) in [5.41, 5.74) is 0.510. The molecule has 3 rings (SSSR count). The molecular weight excluding hydrogens is 325 g/mol. The van der Waals surface area contributed by atoms with E-state index < -0.39 is 24.2 Å². The third-order valence-corrected chi connectivity index (χ3v) is 3.87. The van der Waals surface area contributed by atoms with Crippen LogP contribution < -0.4 is 0 Å². The van der Waals surface area contributed by atoms with Crippen LogP contribution in [-0.2, 0) is 4.74 Å². The monoisotopic (exact) mass is 340 g/mol. The number of amides is 1. The van der Waals surface area contributed by atoms with Crippen LogP contribution in [0.15, 0.2) is 41.1 Å². The second-order valence-electron chi connectivity index (χ2n) is 5.47. The second kappa shape index (κ2) is 6.27. The lowest BCUT2D eigenvalue weighted by molar-refractivity contribution is -0.220. The number of hydrogen-bond donors (Lipinski definition) is 0. The number of carbonyl (C=O) groups is 1. The minimum absolute atomic E-state index is 0.0651. The van der Waals surface area contributed by atoms with Gasteiger partial charge in [-0.15, -0.1) is 0 Å². The lowest BCUT2D eigenvalue weighted by atomic mass is 10.1. The quantitative estimate of drug-likeness (QED) is 0.843. The summed E-state index contributed by atoms with van der Waals surface area (Å²) >= 11 is 0. The average Bonchev–Trinajstić information content (AvgIpc) is 3.07. The van der Waals surface area contributed by atoms with E-state index in [0.29, 0.717) is 11.5 Å². The predicted octanol–water partition coefficient (Wildman–Crippen LogP) is 3.13. The second-order valence-corrected chi connectivity index (χ2v) is 5.47. The molecule has 24 heavy (non-hydrogen) atoms. The van der Waals surface area contributed by atoms with Gasteiger partial charge in [0.25, 0.3) is 5.91 Å². The number of halogens is 3. The SMILES string of the molecule is C[C@@H]1OCCN(C(=O)c2ccnc(-c3ccco3)c2)[C@@H]1C(F)(F)F. The van der Waals surface area contributed by atoms with Gasteiger partial charge in [0.2, 0.25) is 0 Å². The maximum atomic E-state index is 13.3. The third kappa shape index (κ3) is 3.14. The number of alkyl halides is 3. The molecular formula is C16H15F3N2O3. The summed E-state index contributed by atoms with van der Waals surface area (Å²) in [5, 5.41) is 0. The Morgan fingerprint density at radius 3 is 2.83 bits per heavy atom. The Bertz CT molecular complexity index is 716. The Balaban J connectivity index is 1.91. The van der Waals surface area contributed by atoms with E-state index in [1.54, 1.807) is 12.1 Å². The Kier molecular flexibility index (Phi) is 4.31. The van der Waals surface area contributed by atoms with Crippen LogP contribution in [0, 0.1) is 0 Å². The van der Waals surface area contributed by atoms with Crippen LogP contribution in [0.4, 0.5) is 13.2 Å². The summed E-state index contributed by atoms with van der Waals surface area (Å²) in [5.74, 6) is -0.268. The molecule has 0 unspecified atom stereocenters. The van der Waals surface area contributed by atoms with Crippen LogP contribution in [0.3, 0.4) is 0 Å². The van der Waals surface area contributed by atoms with Gasteiger partial charge in [-0.05, 0) is 31.2 Å². The van der Waals surface area contributed by atoms with Gasteiger partial charge in [-0.2, -0.15) is 13.2 Å². The molecule has 0 radical (unpaired) electrons. The van der Waals surface area contributed by atoms with Crippen molar-refractivity contribution in [2.24, 2.45) is 0 Å². The minimum atomic E-state index is -4.56. The third-order valence-electron chi connectivity index (χ3n) is 3.87. The van der Waals surface area contributed by atoms with E-state index in [1.165, 1.54) is 31.5 Å². The van der Waals surface area contributed by atoms with Crippen molar-refractivity contribution >= 4 is 5.91 Å². The zero-order valence-electron chi connectivity index (χ0n) is 12.8. The van der Waals surface area contributed by atoms with Crippen LogP contribution >= 0.6 is 0 Å². The first-order valence-corrected chi connectivity index (χ1v) is 7.37. The first-order valence-electron chi connectivity index (χ1n) is 7.37. The van der Waals surface area contributed by atoms with Gasteiger partial charge in [-0.1, -0.05) is 0 Å². The number of morpholine rings is 1. The molecule has 0 saturated carbocycles. The molecule has 1 fully saturated rings. The van der Waals surface area contributed by atoms with E-state index >= 15 is 0 Å². The normalized spacial score (nSPS) is 21.8. The highest BCUT2D eigenvalue weighted by molar-refractivity contribution is 5.95. The number of pyridine rings is 1. The first-order chi connectivity index (χ1) is 11.4. The van der Waals surface area contributed by atoms with Crippen LogP contribution in [0.5, 0.6) is 0 Å². The molecule has 0 aliphatic carbocycles. The van der Waals surface area contributed by atoms with Crippen molar-refractivity contribution in [1.29, 1.82) is 0 Å². The molecule has 2 atom stereocenters. The van der Waals surface area contributed by atoms with E-state index in [2.05, 4.69) is 4.98 Å². The number of aromatic nitrogens is 1. The molecule has 1 saturated heterocycles. The van der Waals surface area contributed by atoms with Crippen molar-refractivity contribution in [3.8, 4) is 11.5 Å². The molecule has 2 aromatic heterocycles. The Morgan fingerprint density at radius 2 is 2.17 bits per heavy atom.